The third-order valence-electron chi connectivity index (χ3n) is 4.20. The minimum Gasteiger partial charge on any atom is -0.375 e. The highest BCUT2D eigenvalue weighted by molar-refractivity contribution is 7.13. The van der Waals surface area contributed by atoms with Gasteiger partial charge in [0.05, 0.1) is 30.2 Å². The highest BCUT2D eigenvalue weighted by Gasteiger charge is 2.31. The van der Waals surface area contributed by atoms with E-state index in [0.29, 0.717) is 0 Å². The van der Waals surface area contributed by atoms with E-state index in [1.165, 1.54) is 0 Å². The van der Waals surface area contributed by atoms with Gasteiger partial charge in [0.2, 0.25) is 0 Å². The maximum absolute atomic E-state index is 5.88. The monoisotopic (exact) mass is 320 g/mol. The fourth-order valence-corrected chi connectivity index (χ4v) is 3.75. The first-order valence-electron chi connectivity index (χ1n) is 7.79. The van der Waals surface area contributed by atoms with Gasteiger partial charge in [-0.25, -0.2) is 4.98 Å². The van der Waals surface area contributed by atoms with Crippen LogP contribution in [0.1, 0.15) is 18.7 Å². The molecule has 4 heterocycles. The summed E-state index contributed by atoms with van der Waals surface area (Å²) in [5.74, 6) is 1.70. The third-order valence-corrected chi connectivity index (χ3v) is 5.07. The molecule has 2 atom stereocenters. The summed E-state index contributed by atoms with van der Waals surface area (Å²) in [6.45, 7) is 4.25. The van der Waals surface area contributed by atoms with Crippen molar-refractivity contribution >= 4 is 11.3 Å². The average Bonchev–Trinajstić information content (AvgIpc) is 3.29. The number of nitrogens with zero attached hydrogens (tertiary/aromatic N) is 3. The molecule has 2 aliphatic heterocycles. The Balaban J connectivity index is 1.38. The topological polar surface area (TPSA) is 63.3 Å². The largest absolute Gasteiger partial charge is 0.375 e. The molecule has 0 spiro atoms. The summed E-state index contributed by atoms with van der Waals surface area (Å²) < 4.78 is 11.6. The van der Waals surface area contributed by atoms with Gasteiger partial charge in [0.25, 0.3) is 0 Å². The number of nitrogens with one attached hydrogen (secondary N) is 1. The second kappa shape index (κ2) is 6.45. The van der Waals surface area contributed by atoms with Crippen LogP contribution in [0.4, 0.5) is 0 Å². The summed E-state index contributed by atoms with van der Waals surface area (Å²) in [5, 5.41) is 9.41. The zero-order valence-corrected chi connectivity index (χ0v) is 13.2. The van der Waals surface area contributed by atoms with Crippen molar-refractivity contribution in [3.63, 3.8) is 0 Å². The van der Waals surface area contributed by atoms with E-state index in [9.17, 15) is 0 Å². The molecule has 0 unspecified atom stereocenters. The second-order valence-corrected chi connectivity index (χ2v) is 6.73. The fraction of sp³-hybridized carbons (Fsp3) is 0.600. The summed E-state index contributed by atoms with van der Waals surface area (Å²) >= 11 is 1.66. The maximum Gasteiger partial charge on any atom is 0.191 e. The van der Waals surface area contributed by atoms with Crippen LogP contribution in [0.5, 0.6) is 0 Å². The molecule has 2 fully saturated rings. The molecule has 22 heavy (non-hydrogen) atoms. The highest BCUT2D eigenvalue weighted by atomic mass is 32.1. The van der Waals surface area contributed by atoms with E-state index in [0.717, 1.165) is 62.2 Å². The van der Waals surface area contributed by atoms with Crippen molar-refractivity contribution in [1.29, 1.82) is 0 Å². The fourth-order valence-electron chi connectivity index (χ4n) is 3.09. The van der Waals surface area contributed by atoms with E-state index < -0.39 is 0 Å². The lowest BCUT2D eigenvalue weighted by atomic mass is 10.1. The van der Waals surface area contributed by atoms with Crippen molar-refractivity contribution in [3.8, 4) is 10.7 Å². The van der Waals surface area contributed by atoms with Gasteiger partial charge in [-0.1, -0.05) is 6.07 Å². The van der Waals surface area contributed by atoms with Crippen LogP contribution in [0.2, 0.25) is 0 Å². The second-order valence-electron chi connectivity index (χ2n) is 5.78. The maximum atomic E-state index is 5.88. The zero-order valence-electron chi connectivity index (χ0n) is 12.4. The van der Waals surface area contributed by atoms with Gasteiger partial charge in [-0.2, -0.15) is 5.10 Å². The molecule has 2 aromatic heterocycles. The number of rotatable bonds is 4. The third kappa shape index (κ3) is 3.08. The van der Waals surface area contributed by atoms with Crippen LogP contribution in [0.3, 0.4) is 0 Å². The number of hydrogen-bond donors (Lipinski definition) is 1. The summed E-state index contributed by atoms with van der Waals surface area (Å²) in [5.41, 5.74) is 0. The lowest BCUT2D eigenvalue weighted by Gasteiger charge is -2.34. The standard InChI is InChI=1S/C15H20N4O2S/c1-3-11(20-6-1)12-9-19(5-7-21-12)10-14-16-15(18-17-14)13-4-2-8-22-13/h2,4,8,11-12H,1,3,5-7,9-10H2,(H,16,17,18)/t11-,12-/m1/s1. The molecule has 2 aliphatic rings. The van der Waals surface area contributed by atoms with Crippen molar-refractivity contribution in [2.24, 2.45) is 0 Å². The number of H-pyrrole nitrogens is 1. The summed E-state index contributed by atoms with van der Waals surface area (Å²) in [6.07, 6.45) is 2.72. The summed E-state index contributed by atoms with van der Waals surface area (Å²) in [6, 6.07) is 4.06. The Morgan fingerprint density at radius 2 is 2.27 bits per heavy atom. The molecular formula is C15H20N4O2S. The SMILES string of the molecule is c1csc(-c2n[nH]c(CN3CCO[C@@H]([C@H]4CCCO4)C3)n2)c1. The Hall–Kier alpha value is -1.28. The first-order chi connectivity index (χ1) is 10.9. The molecule has 0 aromatic carbocycles. The van der Waals surface area contributed by atoms with Gasteiger partial charge in [0.15, 0.2) is 5.82 Å². The van der Waals surface area contributed by atoms with Crippen LogP contribution in [0, 0.1) is 0 Å². The van der Waals surface area contributed by atoms with Gasteiger partial charge < -0.3 is 9.47 Å². The predicted octanol–water partition coefficient (Wildman–Crippen LogP) is 1.91. The summed E-state index contributed by atoms with van der Waals surface area (Å²) in [4.78, 5) is 8.07. The lowest BCUT2D eigenvalue weighted by Crippen LogP contribution is -2.47. The quantitative estimate of drug-likeness (QED) is 0.932. The molecule has 0 bridgehead atoms. The van der Waals surface area contributed by atoms with Crippen molar-refractivity contribution < 1.29 is 9.47 Å². The van der Waals surface area contributed by atoms with Gasteiger partial charge in [0.1, 0.15) is 5.82 Å². The molecule has 0 aliphatic carbocycles. The van der Waals surface area contributed by atoms with Gasteiger partial charge in [-0.3, -0.25) is 10.00 Å². The average molecular weight is 320 g/mol. The number of aromatic nitrogens is 3. The smallest absolute Gasteiger partial charge is 0.191 e. The lowest BCUT2D eigenvalue weighted by molar-refractivity contribution is -0.0963. The molecule has 7 heteroatoms. The Bertz CT molecular complexity index is 594. The van der Waals surface area contributed by atoms with E-state index in [1.807, 2.05) is 17.5 Å². The Morgan fingerprint density at radius 3 is 3.09 bits per heavy atom. The normalized spacial score (nSPS) is 26.5. The van der Waals surface area contributed by atoms with Crippen LogP contribution in [-0.2, 0) is 16.0 Å². The van der Waals surface area contributed by atoms with Gasteiger partial charge in [-0.15, -0.1) is 11.3 Å². The van der Waals surface area contributed by atoms with E-state index in [4.69, 9.17) is 9.47 Å². The first-order valence-corrected chi connectivity index (χ1v) is 8.67. The zero-order chi connectivity index (χ0) is 14.8. The Kier molecular flexibility index (Phi) is 4.20. The Labute approximate surface area is 133 Å². The molecular weight excluding hydrogens is 300 g/mol. The number of morpholine rings is 1. The number of aromatic amines is 1. The van der Waals surface area contributed by atoms with Crippen molar-refractivity contribution in [1.82, 2.24) is 20.1 Å². The predicted molar refractivity (Wildman–Crippen MR) is 83.7 cm³/mol. The molecule has 2 aromatic rings. The number of ether oxygens (including phenoxy) is 2. The highest BCUT2D eigenvalue weighted by Crippen LogP contribution is 2.23. The molecule has 0 saturated carbocycles. The number of thiophene rings is 1. The molecule has 6 nitrogen and oxygen atoms in total. The molecule has 2 saturated heterocycles. The minimum absolute atomic E-state index is 0.191. The molecule has 0 amide bonds. The van der Waals surface area contributed by atoms with Crippen molar-refractivity contribution in [2.45, 2.75) is 31.6 Å². The molecule has 0 radical (unpaired) electrons. The van der Waals surface area contributed by atoms with E-state index in [1.54, 1.807) is 11.3 Å². The van der Waals surface area contributed by atoms with Crippen molar-refractivity contribution in [2.75, 3.05) is 26.3 Å². The van der Waals surface area contributed by atoms with Crippen LogP contribution in [-0.4, -0.2) is 58.6 Å². The van der Waals surface area contributed by atoms with Gasteiger partial charge >= 0.3 is 0 Å². The van der Waals surface area contributed by atoms with Gasteiger partial charge in [-0.05, 0) is 24.3 Å². The van der Waals surface area contributed by atoms with E-state index in [2.05, 4.69) is 20.1 Å². The molecule has 1 N–H and O–H groups in total. The minimum atomic E-state index is 0.191. The first kappa shape index (κ1) is 14.3. The van der Waals surface area contributed by atoms with Crippen molar-refractivity contribution in [3.05, 3.63) is 23.3 Å². The number of hydrogen-bond acceptors (Lipinski definition) is 6. The van der Waals surface area contributed by atoms with Crippen LogP contribution in [0.25, 0.3) is 10.7 Å². The van der Waals surface area contributed by atoms with E-state index in [-0.39, 0.29) is 12.2 Å². The van der Waals surface area contributed by atoms with Crippen LogP contribution < -0.4 is 0 Å². The van der Waals surface area contributed by atoms with Crippen LogP contribution in [0.15, 0.2) is 17.5 Å². The summed E-state index contributed by atoms with van der Waals surface area (Å²) in [7, 11) is 0. The van der Waals surface area contributed by atoms with E-state index >= 15 is 0 Å². The molecule has 4 rings (SSSR count). The van der Waals surface area contributed by atoms with Crippen LogP contribution >= 0.6 is 11.3 Å². The Morgan fingerprint density at radius 1 is 1.32 bits per heavy atom. The van der Waals surface area contributed by atoms with Gasteiger partial charge in [0, 0.05) is 19.7 Å². The molecule has 118 valence electrons.